The van der Waals surface area contributed by atoms with Crippen LogP contribution in [0.15, 0.2) is 29.3 Å². The molecule has 0 aromatic heterocycles. The highest BCUT2D eigenvalue weighted by Gasteiger charge is 2.16. The van der Waals surface area contributed by atoms with Gasteiger partial charge >= 0.3 is 0 Å². The first-order chi connectivity index (χ1) is 14.3. The Hall–Kier alpha value is -1.64. The number of nitrogens with zero attached hydrogens (tertiary/aromatic N) is 3. The van der Waals surface area contributed by atoms with Gasteiger partial charge in [0.25, 0.3) is 0 Å². The number of nitrogens with one attached hydrogen (secondary N) is 2. The quantitative estimate of drug-likeness (QED) is 0.429. The number of aliphatic imine (C=N–C) groups is 1. The average Bonchev–Trinajstić information content (AvgIpc) is 2.72. The summed E-state index contributed by atoms with van der Waals surface area (Å²) in [5.41, 5.74) is 2.56. The molecule has 0 amide bonds. The van der Waals surface area contributed by atoms with Crippen LogP contribution in [0.5, 0.6) is 0 Å². The Morgan fingerprint density at radius 3 is 2.33 bits per heavy atom. The van der Waals surface area contributed by atoms with Crippen LogP contribution in [0.1, 0.15) is 38.3 Å². The minimum atomic E-state index is -2.96. The van der Waals surface area contributed by atoms with Crippen LogP contribution in [0.3, 0.4) is 0 Å². The number of hydrogen-bond acceptors (Lipinski definition) is 5. The Morgan fingerprint density at radius 1 is 1.10 bits per heavy atom. The first-order valence-electron chi connectivity index (χ1n) is 11.0. The normalized spacial score (nSPS) is 17.7. The Labute approximate surface area is 182 Å². The highest BCUT2D eigenvalue weighted by Crippen LogP contribution is 2.14. The minimum Gasteiger partial charge on any atom is -0.357 e. The van der Waals surface area contributed by atoms with E-state index in [1.165, 1.54) is 17.4 Å². The fourth-order valence-electron chi connectivity index (χ4n) is 3.55. The van der Waals surface area contributed by atoms with E-state index < -0.39 is 9.84 Å². The van der Waals surface area contributed by atoms with E-state index in [-0.39, 0.29) is 11.8 Å². The highest BCUT2D eigenvalue weighted by atomic mass is 32.2. The molecule has 0 saturated carbocycles. The molecule has 1 atom stereocenters. The molecule has 0 spiro atoms. The topological polar surface area (TPSA) is 77.0 Å². The van der Waals surface area contributed by atoms with Crippen LogP contribution in [0.4, 0.5) is 0 Å². The first kappa shape index (κ1) is 24.6. The van der Waals surface area contributed by atoms with E-state index in [0.29, 0.717) is 13.0 Å². The van der Waals surface area contributed by atoms with E-state index >= 15 is 0 Å². The summed E-state index contributed by atoms with van der Waals surface area (Å²) >= 11 is 0. The van der Waals surface area contributed by atoms with Crippen molar-refractivity contribution in [2.75, 3.05) is 51.3 Å². The molecule has 1 fully saturated rings. The van der Waals surface area contributed by atoms with Crippen LogP contribution in [0.25, 0.3) is 0 Å². The van der Waals surface area contributed by atoms with Gasteiger partial charge in [0, 0.05) is 51.6 Å². The van der Waals surface area contributed by atoms with Crippen LogP contribution < -0.4 is 10.6 Å². The first-order valence-corrected chi connectivity index (χ1v) is 13.1. The van der Waals surface area contributed by atoms with Crippen molar-refractivity contribution in [1.82, 2.24) is 20.4 Å². The third-order valence-electron chi connectivity index (χ3n) is 5.48. The summed E-state index contributed by atoms with van der Waals surface area (Å²) in [7, 11) is -2.96. The lowest BCUT2D eigenvalue weighted by molar-refractivity contribution is 0.131. The SMILES string of the molecule is CCNC(=NCc1ccccc1CN1CCN(CC)CC1)NC(C)CCS(C)(=O)=O. The molecule has 1 heterocycles. The molecule has 1 aliphatic heterocycles. The zero-order chi connectivity index (χ0) is 22.0. The lowest BCUT2D eigenvalue weighted by Gasteiger charge is -2.34. The summed E-state index contributed by atoms with van der Waals surface area (Å²) in [4.78, 5) is 9.78. The number of guanidine groups is 1. The van der Waals surface area contributed by atoms with Gasteiger partial charge in [0.1, 0.15) is 9.84 Å². The molecule has 1 aliphatic rings. The molecule has 1 aromatic carbocycles. The molecule has 30 heavy (non-hydrogen) atoms. The van der Waals surface area contributed by atoms with Gasteiger partial charge in [-0.3, -0.25) is 4.90 Å². The van der Waals surface area contributed by atoms with Crippen molar-refractivity contribution in [3.8, 4) is 0 Å². The minimum absolute atomic E-state index is 0.0302. The predicted octanol–water partition coefficient (Wildman–Crippen LogP) is 1.70. The van der Waals surface area contributed by atoms with Gasteiger partial charge in [0.2, 0.25) is 0 Å². The molecule has 2 N–H and O–H groups in total. The van der Waals surface area contributed by atoms with Gasteiger partial charge in [-0.2, -0.15) is 0 Å². The van der Waals surface area contributed by atoms with Crippen molar-refractivity contribution < 1.29 is 8.42 Å². The van der Waals surface area contributed by atoms with Gasteiger partial charge in [0.15, 0.2) is 5.96 Å². The second-order valence-electron chi connectivity index (χ2n) is 8.14. The lowest BCUT2D eigenvalue weighted by atomic mass is 10.1. The van der Waals surface area contributed by atoms with E-state index in [2.05, 4.69) is 51.6 Å². The molecule has 8 heteroatoms. The van der Waals surface area contributed by atoms with Crippen molar-refractivity contribution in [3.63, 3.8) is 0 Å². The summed E-state index contributed by atoms with van der Waals surface area (Å²) in [5, 5.41) is 6.60. The van der Waals surface area contributed by atoms with E-state index in [0.717, 1.165) is 51.8 Å². The third kappa shape index (κ3) is 9.02. The van der Waals surface area contributed by atoms with Gasteiger partial charge in [-0.15, -0.1) is 0 Å². The standard InChI is InChI=1S/C22H39N5O2S/c1-5-23-22(25-19(3)11-16-30(4,28)29)24-17-20-9-7-8-10-21(20)18-27-14-12-26(6-2)13-15-27/h7-10,19H,5-6,11-18H2,1-4H3,(H2,23,24,25). The van der Waals surface area contributed by atoms with Crippen LogP contribution >= 0.6 is 0 Å². The fourth-order valence-corrected chi connectivity index (χ4v) is 4.33. The molecule has 7 nitrogen and oxygen atoms in total. The van der Waals surface area contributed by atoms with Crippen molar-refractivity contribution in [2.45, 2.75) is 46.3 Å². The van der Waals surface area contributed by atoms with Crippen molar-refractivity contribution in [2.24, 2.45) is 4.99 Å². The molecule has 0 aliphatic carbocycles. The second-order valence-corrected chi connectivity index (χ2v) is 10.4. The summed E-state index contributed by atoms with van der Waals surface area (Å²) in [6.45, 7) is 14.2. The van der Waals surface area contributed by atoms with E-state index in [4.69, 9.17) is 4.99 Å². The van der Waals surface area contributed by atoms with Crippen molar-refractivity contribution in [1.29, 1.82) is 0 Å². The molecule has 1 aromatic rings. The summed E-state index contributed by atoms with van der Waals surface area (Å²) in [5.74, 6) is 0.902. The number of hydrogen-bond donors (Lipinski definition) is 2. The molecule has 1 saturated heterocycles. The summed E-state index contributed by atoms with van der Waals surface area (Å²) in [6.07, 6.45) is 1.83. The van der Waals surface area contributed by atoms with Crippen molar-refractivity contribution >= 4 is 15.8 Å². The maximum Gasteiger partial charge on any atom is 0.191 e. The Morgan fingerprint density at radius 2 is 1.73 bits per heavy atom. The van der Waals surface area contributed by atoms with E-state index in [1.807, 2.05) is 13.8 Å². The number of benzene rings is 1. The number of likely N-dealkylation sites (N-methyl/N-ethyl adjacent to an activating group) is 1. The predicted molar refractivity (Wildman–Crippen MR) is 126 cm³/mol. The Bertz CT molecular complexity index is 773. The summed E-state index contributed by atoms with van der Waals surface area (Å²) < 4.78 is 22.8. The number of rotatable bonds is 10. The van der Waals surface area contributed by atoms with Gasteiger partial charge in [0.05, 0.1) is 12.3 Å². The van der Waals surface area contributed by atoms with Crippen LogP contribution in [-0.2, 0) is 22.9 Å². The third-order valence-corrected chi connectivity index (χ3v) is 6.46. The molecular formula is C22H39N5O2S. The average molecular weight is 438 g/mol. The molecule has 1 unspecified atom stereocenters. The molecular weight excluding hydrogens is 398 g/mol. The molecule has 170 valence electrons. The second kappa shape index (κ2) is 12.3. The Kier molecular flexibility index (Phi) is 10.1. The highest BCUT2D eigenvalue weighted by molar-refractivity contribution is 7.90. The lowest BCUT2D eigenvalue weighted by Crippen LogP contribution is -2.45. The smallest absolute Gasteiger partial charge is 0.191 e. The Balaban J connectivity index is 1.98. The monoisotopic (exact) mass is 437 g/mol. The molecule has 0 radical (unpaired) electrons. The van der Waals surface area contributed by atoms with Gasteiger partial charge in [-0.05, 0) is 37.9 Å². The molecule has 0 bridgehead atoms. The maximum absolute atomic E-state index is 11.4. The van der Waals surface area contributed by atoms with Gasteiger partial charge in [-0.25, -0.2) is 13.4 Å². The number of sulfone groups is 1. The largest absolute Gasteiger partial charge is 0.357 e. The zero-order valence-electron chi connectivity index (χ0n) is 19.0. The van der Waals surface area contributed by atoms with Gasteiger partial charge < -0.3 is 15.5 Å². The van der Waals surface area contributed by atoms with Crippen LogP contribution in [0, 0.1) is 0 Å². The summed E-state index contributed by atoms with van der Waals surface area (Å²) in [6, 6.07) is 8.55. The fraction of sp³-hybridized carbons (Fsp3) is 0.682. The zero-order valence-corrected chi connectivity index (χ0v) is 19.8. The van der Waals surface area contributed by atoms with Crippen LogP contribution in [0.2, 0.25) is 0 Å². The number of piperazine rings is 1. The van der Waals surface area contributed by atoms with Crippen molar-refractivity contribution in [3.05, 3.63) is 35.4 Å². The van der Waals surface area contributed by atoms with E-state index in [1.54, 1.807) is 0 Å². The molecule has 2 rings (SSSR count). The maximum atomic E-state index is 11.4. The van der Waals surface area contributed by atoms with Gasteiger partial charge in [-0.1, -0.05) is 31.2 Å². The van der Waals surface area contributed by atoms with Crippen LogP contribution in [-0.4, -0.2) is 81.5 Å². The van der Waals surface area contributed by atoms with E-state index in [9.17, 15) is 8.42 Å².